The van der Waals surface area contributed by atoms with E-state index < -0.39 is 0 Å². The van der Waals surface area contributed by atoms with E-state index in [0.717, 1.165) is 11.3 Å². The maximum absolute atomic E-state index is 12.0. The van der Waals surface area contributed by atoms with Gasteiger partial charge in [-0.15, -0.1) is 0 Å². The molecular formula is C13H21N3OS. The normalized spacial score (nSPS) is 14.3. The first kappa shape index (κ1) is 15.0. The lowest BCUT2D eigenvalue weighted by Gasteiger charge is -2.31. The molecule has 1 aromatic rings. The molecule has 18 heavy (non-hydrogen) atoms. The maximum atomic E-state index is 12.0. The van der Waals surface area contributed by atoms with Gasteiger partial charge in [0.25, 0.3) is 5.91 Å². The first-order valence-corrected chi connectivity index (χ1v) is 7.27. The predicted octanol–water partition coefficient (Wildman–Crippen LogP) is 1.40. The molecule has 100 valence electrons. The van der Waals surface area contributed by atoms with Crippen molar-refractivity contribution in [3.8, 4) is 0 Å². The van der Waals surface area contributed by atoms with Crippen molar-refractivity contribution in [2.45, 2.75) is 19.0 Å². The number of nitrogens with one attached hydrogen (secondary N) is 1. The van der Waals surface area contributed by atoms with Gasteiger partial charge < -0.3 is 0 Å². The third-order valence-corrected chi connectivity index (χ3v) is 3.83. The first-order chi connectivity index (χ1) is 8.61. The predicted molar refractivity (Wildman–Crippen MR) is 77.1 cm³/mol. The van der Waals surface area contributed by atoms with Crippen LogP contribution in [-0.2, 0) is 4.79 Å². The van der Waals surface area contributed by atoms with Crippen molar-refractivity contribution in [2.75, 3.05) is 19.1 Å². The number of likely N-dealkylation sites (N-methyl/N-ethyl adjacent to an activating group) is 1. The van der Waals surface area contributed by atoms with Gasteiger partial charge in [0.05, 0.1) is 0 Å². The summed E-state index contributed by atoms with van der Waals surface area (Å²) in [7, 11) is 1.95. The summed E-state index contributed by atoms with van der Waals surface area (Å²) < 4.78 is 0. The molecule has 0 aromatic heterocycles. The Morgan fingerprint density at radius 1 is 1.44 bits per heavy atom. The average Bonchev–Trinajstić information content (AvgIpc) is 2.40. The van der Waals surface area contributed by atoms with Crippen LogP contribution in [0.1, 0.15) is 18.5 Å². The second-order valence-corrected chi connectivity index (χ2v) is 5.20. The molecule has 0 saturated carbocycles. The molecule has 5 heteroatoms. The largest absolute Gasteiger partial charge is 0.293 e. The zero-order valence-electron chi connectivity index (χ0n) is 11.1. The van der Waals surface area contributed by atoms with Crippen LogP contribution >= 0.6 is 11.8 Å². The Balaban J connectivity index is 2.95. The Bertz CT molecular complexity index is 372. The molecule has 0 aliphatic rings. The van der Waals surface area contributed by atoms with Gasteiger partial charge in [-0.25, -0.2) is 5.84 Å². The number of carbonyl (C=O) groups excluding carboxylic acids is 1. The number of hydrogen-bond donors (Lipinski definition) is 2. The van der Waals surface area contributed by atoms with E-state index in [0.29, 0.717) is 6.04 Å². The SMILES string of the molecule is CSCC(C)N(C)C(C(=O)NN)c1ccccc1. The Hall–Kier alpha value is -1.04. The highest BCUT2D eigenvalue weighted by Crippen LogP contribution is 2.22. The monoisotopic (exact) mass is 267 g/mol. The fourth-order valence-electron chi connectivity index (χ4n) is 1.90. The van der Waals surface area contributed by atoms with Crippen molar-refractivity contribution in [1.82, 2.24) is 10.3 Å². The van der Waals surface area contributed by atoms with Gasteiger partial charge in [-0.05, 0) is 25.8 Å². The Morgan fingerprint density at radius 3 is 2.56 bits per heavy atom. The van der Waals surface area contributed by atoms with Crippen LogP contribution in [0.15, 0.2) is 30.3 Å². The first-order valence-electron chi connectivity index (χ1n) is 5.88. The van der Waals surface area contributed by atoms with Gasteiger partial charge in [0.15, 0.2) is 0 Å². The van der Waals surface area contributed by atoms with Gasteiger partial charge >= 0.3 is 0 Å². The molecule has 2 atom stereocenters. The van der Waals surface area contributed by atoms with Crippen molar-refractivity contribution in [1.29, 1.82) is 0 Å². The molecule has 0 saturated heterocycles. The summed E-state index contributed by atoms with van der Waals surface area (Å²) in [5.74, 6) is 6.08. The molecular weight excluding hydrogens is 246 g/mol. The summed E-state index contributed by atoms with van der Waals surface area (Å²) in [6.45, 7) is 2.11. The lowest BCUT2D eigenvalue weighted by Crippen LogP contribution is -2.45. The molecule has 4 nitrogen and oxygen atoms in total. The summed E-state index contributed by atoms with van der Waals surface area (Å²) in [5, 5.41) is 0. The second-order valence-electron chi connectivity index (χ2n) is 4.29. The molecule has 2 unspecified atom stereocenters. The number of thioether (sulfide) groups is 1. The van der Waals surface area contributed by atoms with Gasteiger partial charge in [0, 0.05) is 11.8 Å². The Kier molecular flexibility index (Phi) is 6.18. The number of amides is 1. The van der Waals surface area contributed by atoms with Crippen molar-refractivity contribution >= 4 is 17.7 Å². The third kappa shape index (κ3) is 3.73. The summed E-state index contributed by atoms with van der Waals surface area (Å²) in [4.78, 5) is 14.0. The third-order valence-electron chi connectivity index (χ3n) is 3.02. The van der Waals surface area contributed by atoms with Crippen molar-refractivity contribution in [3.63, 3.8) is 0 Å². The topological polar surface area (TPSA) is 58.4 Å². The lowest BCUT2D eigenvalue weighted by atomic mass is 10.0. The smallest absolute Gasteiger partial charge is 0.255 e. The van der Waals surface area contributed by atoms with E-state index in [4.69, 9.17) is 5.84 Å². The fourth-order valence-corrected chi connectivity index (χ4v) is 2.62. The zero-order valence-corrected chi connectivity index (χ0v) is 11.9. The van der Waals surface area contributed by atoms with Crippen molar-refractivity contribution in [2.24, 2.45) is 5.84 Å². The van der Waals surface area contributed by atoms with Gasteiger partial charge in [-0.3, -0.25) is 15.1 Å². The molecule has 1 amide bonds. The van der Waals surface area contributed by atoms with Crippen molar-refractivity contribution < 1.29 is 4.79 Å². The molecule has 1 rings (SSSR count). The van der Waals surface area contributed by atoms with E-state index >= 15 is 0 Å². The standard InChI is InChI=1S/C13H21N3OS/c1-10(9-18-3)16(2)12(13(17)15-14)11-7-5-4-6-8-11/h4-8,10,12H,9,14H2,1-3H3,(H,15,17). The van der Waals surface area contributed by atoms with Crippen molar-refractivity contribution in [3.05, 3.63) is 35.9 Å². The van der Waals surface area contributed by atoms with Crippen LogP contribution < -0.4 is 11.3 Å². The van der Waals surface area contributed by atoms with Crippen LogP contribution in [-0.4, -0.2) is 35.9 Å². The number of benzene rings is 1. The number of rotatable bonds is 6. The molecule has 0 spiro atoms. The summed E-state index contributed by atoms with van der Waals surface area (Å²) in [5.41, 5.74) is 3.21. The minimum absolute atomic E-state index is 0.184. The number of nitrogens with two attached hydrogens (primary N) is 1. The fraction of sp³-hybridized carbons (Fsp3) is 0.462. The quantitative estimate of drug-likeness (QED) is 0.465. The van der Waals surface area contributed by atoms with E-state index in [1.54, 1.807) is 11.8 Å². The van der Waals surface area contributed by atoms with E-state index in [1.165, 1.54) is 0 Å². The number of carbonyl (C=O) groups is 1. The second kappa shape index (κ2) is 7.41. The van der Waals surface area contributed by atoms with Gasteiger partial charge in [-0.1, -0.05) is 30.3 Å². The van der Waals surface area contributed by atoms with E-state index in [9.17, 15) is 4.79 Å². The van der Waals surface area contributed by atoms with Crippen LogP contribution in [0.25, 0.3) is 0 Å². The van der Waals surface area contributed by atoms with Crippen LogP contribution in [0.4, 0.5) is 0 Å². The average molecular weight is 267 g/mol. The number of nitrogens with zero attached hydrogens (tertiary/aromatic N) is 1. The maximum Gasteiger partial charge on any atom is 0.255 e. The molecule has 1 aromatic carbocycles. The molecule has 0 fully saturated rings. The van der Waals surface area contributed by atoms with E-state index in [1.807, 2.05) is 42.3 Å². The highest BCUT2D eigenvalue weighted by molar-refractivity contribution is 7.98. The van der Waals surface area contributed by atoms with E-state index in [2.05, 4.69) is 18.6 Å². The van der Waals surface area contributed by atoms with Crippen LogP contribution in [0.5, 0.6) is 0 Å². The summed E-state index contributed by atoms with van der Waals surface area (Å²) >= 11 is 1.77. The summed E-state index contributed by atoms with van der Waals surface area (Å²) in [6, 6.07) is 9.63. The molecule has 3 N–H and O–H groups in total. The Morgan fingerprint density at radius 2 is 2.06 bits per heavy atom. The van der Waals surface area contributed by atoms with Gasteiger partial charge in [0.1, 0.15) is 6.04 Å². The van der Waals surface area contributed by atoms with Gasteiger partial charge in [0.2, 0.25) is 0 Å². The highest BCUT2D eigenvalue weighted by Gasteiger charge is 2.27. The zero-order chi connectivity index (χ0) is 13.5. The molecule has 0 heterocycles. The molecule has 0 radical (unpaired) electrons. The molecule has 0 aliphatic carbocycles. The highest BCUT2D eigenvalue weighted by atomic mass is 32.2. The van der Waals surface area contributed by atoms with Crippen LogP contribution in [0.2, 0.25) is 0 Å². The number of hydrazine groups is 1. The molecule has 0 bridgehead atoms. The Labute approximate surface area is 113 Å². The number of hydrogen-bond acceptors (Lipinski definition) is 4. The minimum Gasteiger partial charge on any atom is -0.293 e. The van der Waals surface area contributed by atoms with Gasteiger partial charge in [-0.2, -0.15) is 11.8 Å². The van der Waals surface area contributed by atoms with Crippen LogP contribution in [0.3, 0.4) is 0 Å². The van der Waals surface area contributed by atoms with Crippen LogP contribution in [0, 0.1) is 0 Å². The van der Waals surface area contributed by atoms with E-state index in [-0.39, 0.29) is 11.9 Å². The minimum atomic E-state index is -0.349. The lowest BCUT2D eigenvalue weighted by molar-refractivity contribution is -0.126. The summed E-state index contributed by atoms with van der Waals surface area (Å²) in [6.07, 6.45) is 2.06. The molecule has 0 aliphatic heterocycles.